The third-order valence-corrected chi connectivity index (χ3v) is 11.3. The maximum Gasteiger partial charge on any atom is 0.213 e. The van der Waals surface area contributed by atoms with Gasteiger partial charge in [-0.05, 0) is 87.5 Å². The van der Waals surface area contributed by atoms with Crippen molar-refractivity contribution in [2.75, 3.05) is 0 Å². The molecule has 240 valence electrons. The molecule has 0 atom stereocenters. The summed E-state index contributed by atoms with van der Waals surface area (Å²) in [6, 6.07) is 50.3. The zero-order valence-electron chi connectivity index (χ0n) is 28.2. The maximum absolute atomic E-state index is 6.48. The van der Waals surface area contributed by atoms with Crippen molar-refractivity contribution in [3.8, 4) is 44.6 Å². The minimum absolute atomic E-state index is 0.122. The summed E-state index contributed by atoms with van der Waals surface area (Å²) in [5, 5.41) is 4.43. The summed E-state index contributed by atoms with van der Waals surface area (Å²) in [5.74, 6) is 0. The molecular formula is C47H36NO2+. The van der Waals surface area contributed by atoms with E-state index in [2.05, 4.69) is 164 Å². The first kappa shape index (κ1) is 29.0. The van der Waals surface area contributed by atoms with Crippen LogP contribution in [0.2, 0.25) is 0 Å². The van der Waals surface area contributed by atoms with E-state index in [-0.39, 0.29) is 5.54 Å². The van der Waals surface area contributed by atoms with E-state index in [1.807, 2.05) is 0 Å². The number of hydrogen-bond donors (Lipinski definition) is 0. The predicted octanol–water partition coefficient (Wildman–Crippen LogP) is 12.5. The molecule has 0 amide bonds. The number of nitrogens with zero attached hydrogens (tertiary/aromatic N) is 1. The lowest BCUT2D eigenvalue weighted by atomic mass is 9.78. The number of rotatable bonds is 5. The highest BCUT2D eigenvalue weighted by Crippen LogP contribution is 2.41. The Morgan fingerprint density at radius 3 is 1.94 bits per heavy atom. The minimum Gasteiger partial charge on any atom is -0.456 e. The molecule has 0 bridgehead atoms. The zero-order chi connectivity index (χ0) is 33.4. The topological polar surface area (TPSA) is 30.2 Å². The molecule has 0 saturated heterocycles. The van der Waals surface area contributed by atoms with Crippen molar-refractivity contribution in [1.82, 2.24) is 0 Å². The molecule has 6 aromatic carbocycles. The average Bonchev–Trinajstić information content (AvgIpc) is 3.73. The zero-order valence-corrected chi connectivity index (χ0v) is 28.2. The van der Waals surface area contributed by atoms with Crippen LogP contribution in [0.5, 0.6) is 0 Å². The first-order valence-corrected chi connectivity index (χ1v) is 17.7. The Morgan fingerprint density at radius 2 is 1.10 bits per heavy atom. The molecule has 3 aromatic heterocycles. The maximum atomic E-state index is 6.48. The monoisotopic (exact) mass is 646 g/mol. The Bertz CT molecular complexity index is 2760. The fourth-order valence-electron chi connectivity index (χ4n) is 8.42. The minimum atomic E-state index is 0.122. The third kappa shape index (κ3) is 4.39. The highest BCUT2D eigenvalue weighted by atomic mass is 16.3. The van der Waals surface area contributed by atoms with Gasteiger partial charge >= 0.3 is 0 Å². The first-order chi connectivity index (χ1) is 24.6. The van der Waals surface area contributed by atoms with E-state index in [1.165, 1.54) is 44.6 Å². The van der Waals surface area contributed by atoms with Crippen molar-refractivity contribution in [1.29, 1.82) is 0 Å². The van der Waals surface area contributed by atoms with Gasteiger partial charge in [0.05, 0.1) is 5.56 Å². The van der Waals surface area contributed by atoms with Gasteiger partial charge in [-0.15, -0.1) is 0 Å². The molecule has 0 saturated carbocycles. The van der Waals surface area contributed by atoms with Crippen molar-refractivity contribution < 1.29 is 13.4 Å². The van der Waals surface area contributed by atoms with Crippen LogP contribution in [-0.2, 0) is 12.0 Å². The Labute approximate surface area is 291 Å². The Kier molecular flexibility index (Phi) is 6.41. The smallest absolute Gasteiger partial charge is 0.213 e. The normalized spacial score (nSPS) is 13.6. The van der Waals surface area contributed by atoms with E-state index in [1.54, 1.807) is 0 Å². The molecule has 3 nitrogen and oxygen atoms in total. The molecule has 0 fully saturated rings. The van der Waals surface area contributed by atoms with E-state index in [0.717, 1.165) is 68.7 Å². The fraction of sp³-hybridized carbons (Fsp3) is 0.128. The molecule has 50 heavy (non-hydrogen) atoms. The van der Waals surface area contributed by atoms with Crippen LogP contribution in [-0.4, -0.2) is 0 Å². The summed E-state index contributed by atoms with van der Waals surface area (Å²) in [7, 11) is 0. The number of benzene rings is 6. The van der Waals surface area contributed by atoms with Gasteiger partial charge in [-0.3, -0.25) is 0 Å². The van der Waals surface area contributed by atoms with Gasteiger partial charge in [-0.25, -0.2) is 0 Å². The molecule has 0 radical (unpaired) electrons. The quantitative estimate of drug-likeness (QED) is 0.174. The summed E-state index contributed by atoms with van der Waals surface area (Å²) in [5.41, 5.74) is 14.7. The Hall–Kier alpha value is -5.93. The van der Waals surface area contributed by atoms with Crippen LogP contribution in [0.4, 0.5) is 0 Å². The van der Waals surface area contributed by atoms with Crippen LogP contribution in [0.15, 0.2) is 155 Å². The van der Waals surface area contributed by atoms with Gasteiger partial charge in [0, 0.05) is 59.0 Å². The van der Waals surface area contributed by atoms with Gasteiger partial charge in [-0.1, -0.05) is 86.6 Å². The number of fused-ring (bicyclic) bond motifs is 9. The van der Waals surface area contributed by atoms with E-state index in [0.29, 0.717) is 0 Å². The number of furan rings is 2. The summed E-state index contributed by atoms with van der Waals surface area (Å²) < 4.78 is 15.4. The van der Waals surface area contributed by atoms with Crippen LogP contribution >= 0.6 is 0 Å². The number of aromatic nitrogens is 1. The molecule has 1 aliphatic heterocycles. The standard InChI is InChI=1S/C47H36NO2/c1-3-47(4-2)29-36-17-16-33(24-38(36)42-15-8-9-22-48(42)47)34-19-21-43-39(25-34)41-27-40-37-20-18-35(26-44(37)50-45(40)28-46(41)49-43)32-14-10-13-31(23-32)30-11-6-5-7-12-30/h5-28H,3-4,29H2,1-2H3/q+1. The predicted molar refractivity (Wildman–Crippen MR) is 205 cm³/mol. The van der Waals surface area contributed by atoms with Gasteiger partial charge < -0.3 is 8.83 Å². The summed E-state index contributed by atoms with van der Waals surface area (Å²) in [6.07, 6.45) is 5.55. The fourth-order valence-corrected chi connectivity index (χ4v) is 8.42. The van der Waals surface area contributed by atoms with Crippen LogP contribution in [0.1, 0.15) is 32.3 Å². The highest BCUT2D eigenvalue weighted by Gasteiger charge is 2.43. The van der Waals surface area contributed by atoms with Crippen LogP contribution in [0.3, 0.4) is 0 Å². The average molecular weight is 647 g/mol. The molecule has 0 unspecified atom stereocenters. The Balaban J connectivity index is 1.05. The second-order valence-electron chi connectivity index (χ2n) is 13.9. The molecule has 0 N–H and O–H groups in total. The first-order valence-electron chi connectivity index (χ1n) is 17.7. The Morgan fingerprint density at radius 1 is 0.480 bits per heavy atom. The van der Waals surface area contributed by atoms with Crippen molar-refractivity contribution in [3.05, 3.63) is 151 Å². The van der Waals surface area contributed by atoms with Crippen molar-refractivity contribution >= 4 is 43.9 Å². The SMILES string of the molecule is CCC1(CC)Cc2ccc(-c3ccc4oc5cc6oc7cc(-c8cccc(-c9ccccc9)c8)ccc7c6cc5c4c3)cc2-c2cccc[n+]21. The summed E-state index contributed by atoms with van der Waals surface area (Å²) in [4.78, 5) is 0. The van der Waals surface area contributed by atoms with E-state index in [9.17, 15) is 0 Å². The lowest BCUT2D eigenvalue weighted by Gasteiger charge is -2.33. The largest absolute Gasteiger partial charge is 0.456 e. The van der Waals surface area contributed by atoms with E-state index >= 15 is 0 Å². The summed E-state index contributed by atoms with van der Waals surface area (Å²) >= 11 is 0. The van der Waals surface area contributed by atoms with Gasteiger partial charge in [0.2, 0.25) is 5.69 Å². The molecule has 0 spiro atoms. The molecule has 10 rings (SSSR count). The number of hydrogen-bond acceptors (Lipinski definition) is 2. The molecule has 1 aliphatic rings. The van der Waals surface area contributed by atoms with Crippen molar-refractivity contribution in [3.63, 3.8) is 0 Å². The lowest BCUT2D eigenvalue weighted by Crippen LogP contribution is -2.60. The third-order valence-electron chi connectivity index (χ3n) is 11.3. The van der Waals surface area contributed by atoms with Gasteiger partial charge in [-0.2, -0.15) is 4.57 Å². The molecule has 9 aromatic rings. The van der Waals surface area contributed by atoms with E-state index < -0.39 is 0 Å². The summed E-state index contributed by atoms with van der Waals surface area (Å²) in [6.45, 7) is 4.64. The van der Waals surface area contributed by atoms with Gasteiger partial charge in [0.15, 0.2) is 11.7 Å². The highest BCUT2D eigenvalue weighted by molar-refractivity contribution is 6.16. The molecule has 3 heteroatoms. The van der Waals surface area contributed by atoms with E-state index in [4.69, 9.17) is 8.83 Å². The van der Waals surface area contributed by atoms with Gasteiger partial charge in [0.25, 0.3) is 0 Å². The van der Waals surface area contributed by atoms with Crippen molar-refractivity contribution in [2.24, 2.45) is 0 Å². The van der Waals surface area contributed by atoms with Gasteiger partial charge in [0.1, 0.15) is 22.3 Å². The molecule has 0 aliphatic carbocycles. The molecule has 4 heterocycles. The second-order valence-corrected chi connectivity index (χ2v) is 13.9. The second kappa shape index (κ2) is 11.0. The van der Waals surface area contributed by atoms with Crippen LogP contribution in [0, 0.1) is 0 Å². The van der Waals surface area contributed by atoms with Crippen LogP contribution in [0.25, 0.3) is 88.5 Å². The number of pyridine rings is 1. The van der Waals surface area contributed by atoms with Crippen LogP contribution < -0.4 is 4.57 Å². The van der Waals surface area contributed by atoms with Crippen molar-refractivity contribution in [2.45, 2.75) is 38.6 Å². The lowest BCUT2D eigenvalue weighted by molar-refractivity contribution is -0.758. The molecular weight excluding hydrogens is 611 g/mol.